The van der Waals surface area contributed by atoms with E-state index >= 15 is 0 Å². The Morgan fingerprint density at radius 2 is 1.00 bits per heavy atom. The van der Waals surface area contributed by atoms with Crippen LogP contribution >= 0.6 is 0 Å². The summed E-state index contributed by atoms with van der Waals surface area (Å²) in [6, 6.07) is 16.5. The third-order valence-electron chi connectivity index (χ3n) is 6.98. The third kappa shape index (κ3) is 10.7. The Hall–Kier alpha value is -4.90. The second kappa shape index (κ2) is 16.1. The Balaban J connectivity index is 1.85. The molecule has 4 atom stereocenters. The molecular formula is C33H40N4O7. The highest BCUT2D eigenvalue weighted by atomic mass is 16.4. The molecule has 0 spiro atoms. The van der Waals surface area contributed by atoms with Crippen LogP contribution in [0.5, 0.6) is 11.5 Å². The van der Waals surface area contributed by atoms with Gasteiger partial charge in [0.25, 0.3) is 0 Å². The normalized spacial score (nSPS) is 13.7. The SMILES string of the molecule is CC(C)CC(N)C(=O)NC(Cc1ccc(O)cc1)C(=O)NC(Cc1ccccc1)C(=O)NC(Cc1ccc(O)cc1)C(=O)O. The lowest BCUT2D eigenvalue weighted by atomic mass is 10.00. The van der Waals surface area contributed by atoms with Crippen LogP contribution in [0.25, 0.3) is 0 Å². The van der Waals surface area contributed by atoms with Crippen LogP contribution < -0.4 is 21.7 Å². The summed E-state index contributed by atoms with van der Waals surface area (Å²) in [5.74, 6) is -2.98. The van der Waals surface area contributed by atoms with E-state index in [1.165, 1.54) is 24.3 Å². The van der Waals surface area contributed by atoms with Crippen LogP contribution in [0.15, 0.2) is 78.9 Å². The Morgan fingerprint density at radius 1 is 0.614 bits per heavy atom. The minimum absolute atomic E-state index is 0.0226. The molecule has 0 saturated heterocycles. The van der Waals surface area contributed by atoms with Crippen molar-refractivity contribution in [1.82, 2.24) is 16.0 Å². The molecule has 3 aromatic carbocycles. The minimum Gasteiger partial charge on any atom is -0.508 e. The van der Waals surface area contributed by atoms with Crippen LogP contribution in [0.3, 0.4) is 0 Å². The van der Waals surface area contributed by atoms with Crippen molar-refractivity contribution in [3.05, 3.63) is 95.6 Å². The highest BCUT2D eigenvalue weighted by Gasteiger charge is 2.31. The maximum Gasteiger partial charge on any atom is 0.326 e. The van der Waals surface area contributed by atoms with E-state index in [0.29, 0.717) is 17.5 Å². The average Bonchev–Trinajstić information content (AvgIpc) is 2.98. The number of aliphatic carboxylic acids is 1. The van der Waals surface area contributed by atoms with E-state index in [0.717, 1.165) is 5.56 Å². The number of phenolic OH excluding ortho intramolecular Hbond substituents is 2. The molecule has 0 bridgehead atoms. The number of nitrogens with two attached hydrogens (primary N) is 1. The van der Waals surface area contributed by atoms with E-state index in [1.807, 2.05) is 13.8 Å². The summed E-state index contributed by atoms with van der Waals surface area (Å²) in [5.41, 5.74) is 8.02. The predicted molar refractivity (Wildman–Crippen MR) is 165 cm³/mol. The zero-order valence-electron chi connectivity index (χ0n) is 24.8. The van der Waals surface area contributed by atoms with E-state index in [2.05, 4.69) is 16.0 Å². The predicted octanol–water partition coefficient (Wildman–Crippen LogP) is 2.04. The second-order valence-corrected chi connectivity index (χ2v) is 11.2. The van der Waals surface area contributed by atoms with Gasteiger partial charge in [0.15, 0.2) is 0 Å². The molecule has 3 amide bonds. The molecule has 11 heteroatoms. The van der Waals surface area contributed by atoms with Gasteiger partial charge in [0.05, 0.1) is 6.04 Å². The largest absolute Gasteiger partial charge is 0.508 e. The molecule has 0 aromatic heterocycles. The molecule has 0 fully saturated rings. The number of carboxylic acids is 1. The molecule has 0 heterocycles. The molecule has 8 N–H and O–H groups in total. The number of carboxylic acid groups (broad SMARTS) is 1. The molecule has 3 aromatic rings. The van der Waals surface area contributed by atoms with E-state index in [9.17, 15) is 34.5 Å². The van der Waals surface area contributed by atoms with Crippen LogP contribution in [0.2, 0.25) is 0 Å². The molecule has 0 aliphatic heterocycles. The van der Waals surface area contributed by atoms with E-state index in [4.69, 9.17) is 5.73 Å². The topological polar surface area (TPSA) is 191 Å². The molecular weight excluding hydrogens is 564 g/mol. The molecule has 11 nitrogen and oxygen atoms in total. The summed E-state index contributed by atoms with van der Waals surface area (Å²) in [6.45, 7) is 3.85. The number of aromatic hydroxyl groups is 2. The van der Waals surface area contributed by atoms with Crippen LogP contribution in [-0.4, -0.2) is 63.2 Å². The summed E-state index contributed by atoms with van der Waals surface area (Å²) in [7, 11) is 0. The summed E-state index contributed by atoms with van der Waals surface area (Å²) in [5, 5.41) is 37.0. The Labute approximate surface area is 256 Å². The first-order valence-corrected chi connectivity index (χ1v) is 14.4. The average molecular weight is 605 g/mol. The van der Waals surface area contributed by atoms with Gasteiger partial charge in [-0.05, 0) is 53.3 Å². The summed E-state index contributed by atoms with van der Waals surface area (Å²) < 4.78 is 0. The molecule has 4 unspecified atom stereocenters. The monoisotopic (exact) mass is 604 g/mol. The minimum atomic E-state index is -1.32. The van der Waals surface area contributed by atoms with Crippen molar-refractivity contribution >= 4 is 23.7 Å². The van der Waals surface area contributed by atoms with Gasteiger partial charge in [-0.25, -0.2) is 4.79 Å². The molecule has 44 heavy (non-hydrogen) atoms. The van der Waals surface area contributed by atoms with Crippen LogP contribution in [-0.2, 0) is 38.4 Å². The van der Waals surface area contributed by atoms with Gasteiger partial charge < -0.3 is 37.0 Å². The molecule has 0 saturated carbocycles. The quantitative estimate of drug-likeness (QED) is 0.137. The van der Waals surface area contributed by atoms with Gasteiger partial charge in [-0.3, -0.25) is 14.4 Å². The number of amides is 3. The van der Waals surface area contributed by atoms with Gasteiger partial charge in [-0.2, -0.15) is 0 Å². The fraction of sp³-hybridized carbons (Fsp3) is 0.333. The standard InChI is InChI=1S/C33H40N4O7/c1-20(2)16-26(34)30(40)35-27(18-22-8-12-24(38)13-9-22)31(41)36-28(17-21-6-4-3-5-7-21)32(42)37-29(33(43)44)19-23-10-14-25(39)15-11-23/h3-15,20,26-29,38-39H,16-19,34H2,1-2H3,(H,35,40)(H,36,41)(H,37,42)(H,43,44). The van der Waals surface area contributed by atoms with Gasteiger partial charge in [0.1, 0.15) is 29.6 Å². The number of nitrogens with one attached hydrogen (secondary N) is 3. The van der Waals surface area contributed by atoms with Gasteiger partial charge in [0, 0.05) is 19.3 Å². The fourth-order valence-electron chi connectivity index (χ4n) is 4.64. The summed E-state index contributed by atoms with van der Waals surface area (Å²) in [4.78, 5) is 52.3. The number of hydrogen-bond donors (Lipinski definition) is 7. The molecule has 0 radical (unpaired) electrons. The van der Waals surface area contributed by atoms with E-state index < -0.39 is 47.9 Å². The number of benzene rings is 3. The molecule has 0 aliphatic rings. The Morgan fingerprint density at radius 3 is 1.43 bits per heavy atom. The Kier molecular flexibility index (Phi) is 12.3. The number of carbonyl (C=O) groups is 4. The van der Waals surface area contributed by atoms with Crippen molar-refractivity contribution < 1.29 is 34.5 Å². The lowest BCUT2D eigenvalue weighted by molar-refractivity contribution is -0.142. The van der Waals surface area contributed by atoms with Crippen molar-refractivity contribution in [1.29, 1.82) is 0 Å². The molecule has 0 aliphatic carbocycles. The number of hydrogen-bond acceptors (Lipinski definition) is 7. The number of phenols is 2. The first kappa shape index (κ1) is 33.6. The van der Waals surface area contributed by atoms with E-state index in [1.54, 1.807) is 54.6 Å². The highest BCUT2D eigenvalue weighted by Crippen LogP contribution is 2.14. The summed E-state index contributed by atoms with van der Waals surface area (Å²) in [6.07, 6.45) is 0.442. The summed E-state index contributed by atoms with van der Waals surface area (Å²) >= 11 is 0. The van der Waals surface area contributed by atoms with Crippen molar-refractivity contribution in [2.24, 2.45) is 11.7 Å². The van der Waals surface area contributed by atoms with Crippen molar-refractivity contribution in [2.75, 3.05) is 0 Å². The number of rotatable bonds is 15. The second-order valence-electron chi connectivity index (χ2n) is 11.2. The molecule has 234 valence electrons. The van der Waals surface area contributed by atoms with E-state index in [-0.39, 0.29) is 36.7 Å². The third-order valence-corrected chi connectivity index (χ3v) is 6.98. The van der Waals surface area contributed by atoms with Gasteiger partial charge >= 0.3 is 5.97 Å². The lowest BCUT2D eigenvalue weighted by Gasteiger charge is -2.26. The zero-order valence-corrected chi connectivity index (χ0v) is 24.8. The van der Waals surface area contributed by atoms with Crippen molar-refractivity contribution in [3.8, 4) is 11.5 Å². The van der Waals surface area contributed by atoms with Gasteiger partial charge in [0.2, 0.25) is 17.7 Å². The number of carbonyl (C=O) groups excluding carboxylic acids is 3. The van der Waals surface area contributed by atoms with Gasteiger partial charge in [-0.1, -0.05) is 68.4 Å². The van der Waals surface area contributed by atoms with Crippen LogP contribution in [0.1, 0.15) is 37.0 Å². The van der Waals surface area contributed by atoms with Crippen LogP contribution in [0.4, 0.5) is 0 Å². The first-order valence-electron chi connectivity index (χ1n) is 14.4. The fourth-order valence-corrected chi connectivity index (χ4v) is 4.64. The first-order chi connectivity index (χ1) is 20.9. The van der Waals surface area contributed by atoms with Crippen LogP contribution in [0, 0.1) is 5.92 Å². The van der Waals surface area contributed by atoms with Gasteiger partial charge in [-0.15, -0.1) is 0 Å². The van der Waals surface area contributed by atoms with Crippen molar-refractivity contribution in [2.45, 2.75) is 63.7 Å². The maximum absolute atomic E-state index is 13.7. The molecule has 3 rings (SSSR count). The van der Waals surface area contributed by atoms with Crippen molar-refractivity contribution in [3.63, 3.8) is 0 Å². The smallest absolute Gasteiger partial charge is 0.326 e. The highest BCUT2D eigenvalue weighted by molar-refractivity contribution is 5.94. The lowest BCUT2D eigenvalue weighted by Crippen LogP contribution is -2.58. The maximum atomic E-state index is 13.7. The zero-order chi connectivity index (χ0) is 32.2. The Bertz CT molecular complexity index is 1400.